The van der Waals surface area contributed by atoms with E-state index in [-0.39, 0.29) is 11.4 Å². The maximum absolute atomic E-state index is 11.7. The van der Waals surface area contributed by atoms with Crippen molar-refractivity contribution in [2.45, 2.75) is 44.2 Å². The van der Waals surface area contributed by atoms with Gasteiger partial charge in [0.15, 0.2) is 0 Å². The topological polar surface area (TPSA) is 61.8 Å². The summed E-state index contributed by atoms with van der Waals surface area (Å²) >= 11 is 0. The van der Waals surface area contributed by atoms with E-state index in [9.17, 15) is 9.90 Å². The lowest BCUT2D eigenvalue weighted by atomic mass is 9.65. The molecule has 2 saturated heterocycles. The first-order chi connectivity index (χ1) is 9.47. The van der Waals surface area contributed by atoms with Gasteiger partial charge in [-0.3, -0.25) is 9.69 Å². The average molecular weight is 282 g/mol. The van der Waals surface area contributed by atoms with Gasteiger partial charge in [0, 0.05) is 31.6 Å². The second kappa shape index (κ2) is 4.97. The summed E-state index contributed by atoms with van der Waals surface area (Å²) in [5, 5.41) is 13.7. The molecule has 3 fully saturated rings. The van der Waals surface area contributed by atoms with Crippen LogP contribution >= 0.6 is 0 Å². The van der Waals surface area contributed by atoms with E-state index in [0.717, 1.165) is 51.9 Å². The first-order valence-electron chi connectivity index (χ1n) is 7.72. The molecular formula is C15H26N2O3. The van der Waals surface area contributed by atoms with E-state index in [4.69, 9.17) is 4.74 Å². The number of rotatable bonds is 3. The van der Waals surface area contributed by atoms with Gasteiger partial charge in [-0.1, -0.05) is 0 Å². The van der Waals surface area contributed by atoms with E-state index < -0.39 is 5.60 Å². The van der Waals surface area contributed by atoms with Crippen molar-refractivity contribution >= 4 is 5.97 Å². The van der Waals surface area contributed by atoms with Crippen LogP contribution in [0.4, 0.5) is 0 Å². The summed E-state index contributed by atoms with van der Waals surface area (Å²) in [4.78, 5) is 14.2. The molecule has 1 saturated carbocycles. The minimum atomic E-state index is -0.492. The Labute approximate surface area is 120 Å². The number of likely N-dealkylation sites (tertiary alicyclic amines) is 1. The standard InChI is InChI=1S/C15H26N2O3/c1-14(13(18)20-2)6-12(7-14)17-5-3-4-11(8-17)15(19)9-16-10-15/h11-12,16,19H,3-10H2,1-2H3/t11-,12?,14?/m0/s1. The molecule has 114 valence electrons. The Morgan fingerprint density at radius 3 is 2.65 bits per heavy atom. The van der Waals surface area contributed by atoms with E-state index >= 15 is 0 Å². The molecule has 0 amide bonds. The van der Waals surface area contributed by atoms with Gasteiger partial charge >= 0.3 is 5.97 Å². The highest BCUT2D eigenvalue weighted by Gasteiger charge is 2.51. The number of hydrogen-bond acceptors (Lipinski definition) is 5. The van der Waals surface area contributed by atoms with Crippen molar-refractivity contribution in [2.24, 2.45) is 11.3 Å². The maximum atomic E-state index is 11.7. The third kappa shape index (κ3) is 2.26. The van der Waals surface area contributed by atoms with Crippen molar-refractivity contribution < 1.29 is 14.6 Å². The number of piperidine rings is 1. The quantitative estimate of drug-likeness (QED) is 0.733. The fourth-order valence-corrected chi connectivity index (χ4v) is 4.10. The normalized spacial score (nSPS) is 40.5. The lowest BCUT2D eigenvalue weighted by Crippen LogP contribution is -2.67. The second-order valence-corrected chi connectivity index (χ2v) is 7.16. The molecule has 2 heterocycles. The Morgan fingerprint density at radius 1 is 1.40 bits per heavy atom. The zero-order valence-electron chi connectivity index (χ0n) is 12.5. The molecule has 3 aliphatic rings. The van der Waals surface area contributed by atoms with Crippen LogP contribution in [0.15, 0.2) is 0 Å². The maximum Gasteiger partial charge on any atom is 0.311 e. The summed E-state index contributed by atoms with van der Waals surface area (Å²) in [5.74, 6) is 0.298. The average Bonchev–Trinajstić information content (AvgIpc) is 2.40. The van der Waals surface area contributed by atoms with Crippen molar-refractivity contribution in [3.8, 4) is 0 Å². The molecule has 0 radical (unpaired) electrons. The number of carbonyl (C=O) groups is 1. The van der Waals surface area contributed by atoms with Gasteiger partial charge in [0.2, 0.25) is 0 Å². The highest BCUT2D eigenvalue weighted by Crippen LogP contribution is 2.45. The van der Waals surface area contributed by atoms with Crippen molar-refractivity contribution in [3.05, 3.63) is 0 Å². The molecule has 1 aliphatic carbocycles. The van der Waals surface area contributed by atoms with Crippen LogP contribution in [0, 0.1) is 11.3 Å². The van der Waals surface area contributed by atoms with Crippen LogP contribution in [0.3, 0.4) is 0 Å². The molecule has 5 heteroatoms. The van der Waals surface area contributed by atoms with Crippen LogP contribution in [0.1, 0.15) is 32.6 Å². The number of β-amino-alcohol motifs (C(OH)–C–C–N with tert-alkyl or cyclic N) is 1. The Morgan fingerprint density at radius 2 is 2.10 bits per heavy atom. The molecule has 0 aromatic carbocycles. The van der Waals surface area contributed by atoms with E-state index in [0.29, 0.717) is 12.0 Å². The molecule has 0 spiro atoms. The van der Waals surface area contributed by atoms with Crippen LogP contribution in [0.2, 0.25) is 0 Å². The SMILES string of the molecule is COC(=O)C1(C)CC(N2CCC[C@H](C3(O)CNC3)C2)C1. The predicted octanol–water partition coefficient (Wildman–Crippen LogP) is 0.374. The van der Waals surface area contributed by atoms with Crippen molar-refractivity contribution in [2.75, 3.05) is 33.3 Å². The number of nitrogens with zero attached hydrogens (tertiary/aromatic N) is 1. The number of aliphatic hydroxyl groups is 1. The van der Waals surface area contributed by atoms with Gasteiger partial charge < -0.3 is 15.2 Å². The molecule has 5 nitrogen and oxygen atoms in total. The number of hydrogen-bond donors (Lipinski definition) is 2. The Bertz CT molecular complexity index is 389. The smallest absolute Gasteiger partial charge is 0.311 e. The first-order valence-corrected chi connectivity index (χ1v) is 7.72. The van der Waals surface area contributed by atoms with E-state index in [1.54, 1.807) is 0 Å². The van der Waals surface area contributed by atoms with Crippen molar-refractivity contribution in [1.29, 1.82) is 0 Å². The molecule has 2 aliphatic heterocycles. The fraction of sp³-hybridized carbons (Fsp3) is 0.933. The third-order valence-corrected chi connectivity index (χ3v) is 5.64. The van der Waals surface area contributed by atoms with Crippen molar-refractivity contribution in [3.63, 3.8) is 0 Å². The second-order valence-electron chi connectivity index (χ2n) is 7.16. The lowest BCUT2D eigenvalue weighted by molar-refractivity contribution is -0.163. The van der Waals surface area contributed by atoms with Gasteiger partial charge in [-0.15, -0.1) is 0 Å². The third-order valence-electron chi connectivity index (χ3n) is 5.64. The highest BCUT2D eigenvalue weighted by molar-refractivity contribution is 5.77. The van der Waals surface area contributed by atoms with Crippen LogP contribution in [0.5, 0.6) is 0 Å². The zero-order valence-corrected chi connectivity index (χ0v) is 12.5. The predicted molar refractivity (Wildman–Crippen MR) is 75.3 cm³/mol. The van der Waals surface area contributed by atoms with Gasteiger partial charge in [0.25, 0.3) is 0 Å². The number of ether oxygens (including phenoxy) is 1. The van der Waals surface area contributed by atoms with Gasteiger partial charge in [-0.25, -0.2) is 0 Å². The highest BCUT2D eigenvalue weighted by atomic mass is 16.5. The van der Waals surface area contributed by atoms with Crippen LogP contribution in [-0.2, 0) is 9.53 Å². The molecule has 0 bridgehead atoms. The lowest BCUT2D eigenvalue weighted by Gasteiger charge is -2.53. The molecule has 1 atom stereocenters. The Balaban J connectivity index is 1.55. The van der Waals surface area contributed by atoms with Crippen LogP contribution in [0.25, 0.3) is 0 Å². The summed E-state index contributed by atoms with van der Waals surface area (Å²) in [7, 11) is 1.47. The summed E-state index contributed by atoms with van der Waals surface area (Å²) in [6.45, 7) is 5.54. The van der Waals surface area contributed by atoms with E-state index in [2.05, 4.69) is 10.2 Å². The minimum Gasteiger partial charge on any atom is -0.469 e. The minimum absolute atomic E-state index is 0.0795. The van der Waals surface area contributed by atoms with Gasteiger partial charge in [0.1, 0.15) is 0 Å². The molecule has 3 rings (SSSR count). The number of nitrogens with one attached hydrogen (secondary N) is 1. The number of esters is 1. The Kier molecular flexibility index (Phi) is 3.55. The van der Waals surface area contributed by atoms with Gasteiger partial charge in [-0.05, 0) is 39.2 Å². The molecule has 2 N–H and O–H groups in total. The first kappa shape index (κ1) is 14.3. The molecule has 0 aromatic heterocycles. The molecular weight excluding hydrogens is 256 g/mol. The fourth-order valence-electron chi connectivity index (χ4n) is 4.10. The Hall–Kier alpha value is -0.650. The monoisotopic (exact) mass is 282 g/mol. The van der Waals surface area contributed by atoms with Gasteiger partial charge in [0.05, 0.1) is 18.1 Å². The van der Waals surface area contributed by atoms with Crippen LogP contribution < -0.4 is 5.32 Å². The summed E-state index contributed by atoms with van der Waals surface area (Å²) in [5.41, 5.74) is -0.782. The molecule has 20 heavy (non-hydrogen) atoms. The summed E-state index contributed by atoms with van der Waals surface area (Å²) < 4.78 is 4.89. The summed E-state index contributed by atoms with van der Waals surface area (Å²) in [6.07, 6.45) is 4.06. The molecule has 0 unspecified atom stereocenters. The van der Waals surface area contributed by atoms with Gasteiger partial charge in [-0.2, -0.15) is 0 Å². The van der Waals surface area contributed by atoms with E-state index in [1.165, 1.54) is 7.11 Å². The largest absolute Gasteiger partial charge is 0.469 e. The van der Waals surface area contributed by atoms with E-state index in [1.807, 2.05) is 6.92 Å². The number of carbonyl (C=O) groups excluding carboxylic acids is 1. The van der Waals surface area contributed by atoms with Crippen molar-refractivity contribution in [1.82, 2.24) is 10.2 Å². The zero-order chi connectivity index (χ0) is 14.4. The van der Waals surface area contributed by atoms with Crippen LogP contribution in [-0.4, -0.2) is 60.9 Å². The summed E-state index contributed by atoms with van der Waals surface area (Å²) in [6, 6.07) is 0.485. The number of methoxy groups -OCH3 is 1. The molecule has 0 aromatic rings.